The van der Waals surface area contributed by atoms with Gasteiger partial charge in [0.15, 0.2) is 0 Å². The van der Waals surface area contributed by atoms with Crippen LogP contribution in [-0.2, 0) is 6.42 Å². The van der Waals surface area contributed by atoms with Crippen LogP contribution in [0.15, 0.2) is 47.6 Å². The van der Waals surface area contributed by atoms with E-state index < -0.39 is 12.4 Å². The van der Waals surface area contributed by atoms with E-state index in [0.29, 0.717) is 12.1 Å². The van der Waals surface area contributed by atoms with E-state index in [2.05, 4.69) is 4.74 Å². The van der Waals surface area contributed by atoms with Gasteiger partial charge < -0.3 is 15.9 Å². The van der Waals surface area contributed by atoms with E-state index in [1.165, 1.54) is 12.1 Å². The Labute approximate surface area is 120 Å². The molecule has 21 heavy (non-hydrogen) atoms. The van der Waals surface area contributed by atoms with Gasteiger partial charge in [-0.15, -0.1) is 13.2 Å². The Morgan fingerprint density at radius 1 is 1.24 bits per heavy atom. The maximum absolute atomic E-state index is 12.1. The van der Waals surface area contributed by atoms with Crippen LogP contribution in [0.3, 0.4) is 0 Å². The normalized spacial score (nSPS) is 19.1. The van der Waals surface area contributed by atoms with Crippen LogP contribution in [0.5, 0.6) is 5.75 Å². The number of nitrogens with one attached hydrogen (secondary N) is 1. The van der Waals surface area contributed by atoms with Crippen LogP contribution in [-0.4, -0.2) is 18.1 Å². The van der Waals surface area contributed by atoms with Crippen molar-refractivity contribution in [3.63, 3.8) is 0 Å². The maximum Gasteiger partial charge on any atom is 0.573 e. The van der Waals surface area contributed by atoms with Crippen molar-refractivity contribution in [1.29, 1.82) is 5.41 Å². The van der Waals surface area contributed by atoms with Gasteiger partial charge in [0.2, 0.25) is 0 Å². The molecular weight excluding hydrogens is 281 g/mol. The number of rotatable bonds is 3. The zero-order valence-electron chi connectivity index (χ0n) is 11.4. The minimum absolute atomic E-state index is 0.258. The molecule has 112 valence electrons. The average molecular weight is 296 g/mol. The van der Waals surface area contributed by atoms with Crippen molar-refractivity contribution in [3.05, 3.63) is 53.1 Å². The van der Waals surface area contributed by atoms with E-state index >= 15 is 0 Å². The summed E-state index contributed by atoms with van der Waals surface area (Å²) in [5.41, 5.74) is 8.69. The molecule has 0 heterocycles. The number of alkyl halides is 3. The monoisotopic (exact) mass is 296 g/mol. The number of halogens is 3. The highest BCUT2D eigenvalue weighted by Gasteiger charge is 2.31. The summed E-state index contributed by atoms with van der Waals surface area (Å²) in [5.74, 6) is -0.258. The van der Waals surface area contributed by atoms with Crippen LogP contribution < -0.4 is 10.5 Å². The van der Waals surface area contributed by atoms with Crippen LogP contribution in [0.1, 0.15) is 12.5 Å². The molecule has 0 bridgehead atoms. The molecule has 0 saturated heterocycles. The highest BCUT2D eigenvalue weighted by Crippen LogP contribution is 2.24. The molecule has 2 rings (SSSR count). The van der Waals surface area contributed by atoms with Gasteiger partial charge in [-0.3, -0.25) is 0 Å². The molecule has 0 radical (unpaired) electrons. The van der Waals surface area contributed by atoms with Crippen LogP contribution >= 0.6 is 0 Å². The fourth-order valence-electron chi connectivity index (χ4n) is 2.16. The minimum atomic E-state index is -4.69. The van der Waals surface area contributed by atoms with Gasteiger partial charge >= 0.3 is 6.36 Å². The summed E-state index contributed by atoms with van der Waals surface area (Å²) in [6.07, 6.45) is -0.577. The average Bonchev–Trinajstić information content (AvgIpc) is 2.36. The van der Waals surface area contributed by atoms with Gasteiger partial charge in [0.1, 0.15) is 5.75 Å². The van der Waals surface area contributed by atoms with Crippen molar-refractivity contribution in [2.45, 2.75) is 25.7 Å². The molecule has 0 saturated carbocycles. The third-order valence-corrected chi connectivity index (χ3v) is 3.08. The van der Waals surface area contributed by atoms with E-state index in [1.807, 2.05) is 13.0 Å². The summed E-state index contributed by atoms with van der Waals surface area (Å²) in [4.78, 5) is 0. The lowest BCUT2D eigenvalue weighted by atomic mass is 9.90. The first-order valence-corrected chi connectivity index (χ1v) is 6.33. The molecule has 1 aliphatic rings. The molecule has 0 aromatic heterocycles. The molecule has 0 aliphatic heterocycles. The Kier molecular flexibility index (Phi) is 4.18. The van der Waals surface area contributed by atoms with E-state index in [0.717, 1.165) is 16.7 Å². The second-order valence-electron chi connectivity index (χ2n) is 4.89. The molecule has 1 atom stereocenters. The van der Waals surface area contributed by atoms with Crippen molar-refractivity contribution in [2.24, 2.45) is 5.73 Å². The summed E-state index contributed by atoms with van der Waals surface area (Å²) in [6, 6.07) is 5.19. The highest BCUT2D eigenvalue weighted by atomic mass is 19.4. The van der Waals surface area contributed by atoms with Gasteiger partial charge in [-0.25, -0.2) is 0 Å². The Balaban J connectivity index is 2.10. The van der Waals surface area contributed by atoms with Gasteiger partial charge in [-0.2, -0.15) is 0 Å². The van der Waals surface area contributed by atoms with Crippen molar-refractivity contribution >= 4 is 5.71 Å². The molecule has 3 nitrogen and oxygen atoms in total. The lowest BCUT2D eigenvalue weighted by Gasteiger charge is -2.19. The molecule has 1 aliphatic carbocycles. The lowest BCUT2D eigenvalue weighted by molar-refractivity contribution is -0.274. The third-order valence-electron chi connectivity index (χ3n) is 3.08. The van der Waals surface area contributed by atoms with Gasteiger partial charge in [-0.05, 0) is 36.6 Å². The van der Waals surface area contributed by atoms with Gasteiger partial charge in [0, 0.05) is 0 Å². The summed E-state index contributed by atoms with van der Waals surface area (Å²) in [7, 11) is 0. The molecule has 0 spiro atoms. The second kappa shape index (κ2) is 5.73. The van der Waals surface area contributed by atoms with Crippen LogP contribution in [0, 0.1) is 5.41 Å². The summed E-state index contributed by atoms with van der Waals surface area (Å²) in [6.45, 7) is 1.90. The Morgan fingerprint density at radius 3 is 2.43 bits per heavy atom. The largest absolute Gasteiger partial charge is 0.573 e. The lowest BCUT2D eigenvalue weighted by Crippen LogP contribution is -2.32. The van der Waals surface area contributed by atoms with Crippen molar-refractivity contribution in [2.75, 3.05) is 0 Å². The molecule has 3 N–H and O–H groups in total. The number of hydrogen-bond acceptors (Lipinski definition) is 3. The Hall–Kier alpha value is -2.08. The van der Waals surface area contributed by atoms with Crippen LogP contribution in [0.2, 0.25) is 0 Å². The standard InChI is InChI=1S/C15H15F3N2O/c1-9-6-11(14(20)13(19)7-9)8-10-2-4-12(5-3-10)21-15(16,17)18/h2-7,13,20H,8,19H2,1H3. The Bertz CT molecular complexity index is 600. The minimum Gasteiger partial charge on any atom is -0.406 e. The molecule has 6 heteroatoms. The predicted molar refractivity (Wildman–Crippen MR) is 74.4 cm³/mol. The van der Waals surface area contributed by atoms with Gasteiger partial charge in [-0.1, -0.05) is 29.9 Å². The van der Waals surface area contributed by atoms with E-state index in [-0.39, 0.29) is 5.75 Å². The highest BCUT2D eigenvalue weighted by molar-refractivity contribution is 6.04. The second-order valence-corrected chi connectivity index (χ2v) is 4.89. The molecule has 1 aromatic carbocycles. The predicted octanol–water partition coefficient (Wildman–Crippen LogP) is 3.36. The number of hydrogen-bond donors (Lipinski definition) is 2. The topological polar surface area (TPSA) is 59.1 Å². The van der Waals surface area contributed by atoms with E-state index in [9.17, 15) is 13.2 Å². The van der Waals surface area contributed by atoms with Gasteiger partial charge in [0.25, 0.3) is 0 Å². The third kappa shape index (κ3) is 4.19. The number of allylic oxidation sites excluding steroid dienone is 2. The molecule has 1 aromatic rings. The van der Waals surface area contributed by atoms with E-state index in [1.54, 1.807) is 18.2 Å². The fraction of sp³-hybridized carbons (Fsp3) is 0.267. The summed E-state index contributed by atoms with van der Waals surface area (Å²) < 4.78 is 40.0. The molecular formula is C15H15F3N2O. The number of benzene rings is 1. The maximum atomic E-state index is 12.1. The zero-order chi connectivity index (χ0) is 15.6. The van der Waals surface area contributed by atoms with Crippen molar-refractivity contribution in [3.8, 4) is 5.75 Å². The zero-order valence-corrected chi connectivity index (χ0v) is 11.4. The van der Waals surface area contributed by atoms with Crippen molar-refractivity contribution < 1.29 is 17.9 Å². The fourth-order valence-corrected chi connectivity index (χ4v) is 2.16. The number of nitrogens with two attached hydrogens (primary N) is 1. The summed E-state index contributed by atoms with van der Waals surface area (Å²) >= 11 is 0. The van der Waals surface area contributed by atoms with Crippen LogP contribution in [0.25, 0.3) is 0 Å². The quantitative estimate of drug-likeness (QED) is 0.898. The van der Waals surface area contributed by atoms with Crippen LogP contribution in [0.4, 0.5) is 13.2 Å². The van der Waals surface area contributed by atoms with Crippen molar-refractivity contribution in [1.82, 2.24) is 0 Å². The summed E-state index contributed by atoms with van der Waals surface area (Å²) in [5, 5.41) is 7.94. The molecule has 0 fully saturated rings. The molecule has 1 unspecified atom stereocenters. The first kappa shape index (κ1) is 15.3. The SMILES string of the molecule is CC1=CC(N)C(=N)C(Cc2ccc(OC(F)(F)F)cc2)=C1. The number of ether oxygens (including phenoxy) is 1. The Morgan fingerprint density at radius 2 is 1.86 bits per heavy atom. The molecule has 0 amide bonds. The first-order chi connectivity index (χ1) is 9.74. The first-order valence-electron chi connectivity index (χ1n) is 6.33. The smallest absolute Gasteiger partial charge is 0.406 e. The van der Waals surface area contributed by atoms with E-state index in [4.69, 9.17) is 11.1 Å². The van der Waals surface area contributed by atoms with Gasteiger partial charge in [0.05, 0.1) is 11.8 Å².